The van der Waals surface area contributed by atoms with E-state index in [4.69, 9.17) is 28.9 Å². The second-order valence-corrected chi connectivity index (χ2v) is 7.35. The van der Waals surface area contributed by atoms with Crippen LogP contribution in [-0.2, 0) is 6.54 Å². The van der Waals surface area contributed by atoms with Crippen molar-refractivity contribution in [2.75, 3.05) is 5.32 Å². The van der Waals surface area contributed by atoms with E-state index >= 15 is 0 Å². The predicted octanol–water partition coefficient (Wildman–Crippen LogP) is 6.63. The van der Waals surface area contributed by atoms with E-state index in [1.54, 1.807) is 18.2 Å². The number of hydrogen-bond acceptors (Lipinski definition) is 3. The first-order valence-corrected chi connectivity index (χ1v) is 9.22. The molecule has 0 aliphatic rings. The third-order valence-electron chi connectivity index (χ3n) is 3.64. The lowest BCUT2D eigenvalue weighted by Gasteiger charge is -2.15. The van der Waals surface area contributed by atoms with Crippen LogP contribution in [-0.4, -0.2) is 0 Å². The SMILES string of the molecule is NCc1cc(Sc2ccc(F)cc2F)ccc1Nc1c(Cl)cccc1Cl. The molecule has 0 aliphatic heterocycles. The summed E-state index contributed by atoms with van der Waals surface area (Å²) in [6.45, 7) is 0.269. The molecule has 0 aliphatic carbocycles. The normalized spacial score (nSPS) is 10.8. The Hall–Kier alpha value is -1.79. The van der Waals surface area contributed by atoms with Gasteiger partial charge in [-0.1, -0.05) is 41.0 Å². The molecular formula is C19H14Cl2F2N2S. The van der Waals surface area contributed by atoms with Crippen LogP contribution >= 0.6 is 35.0 Å². The fourth-order valence-corrected chi connectivity index (χ4v) is 3.74. The number of nitrogens with two attached hydrogens (primary N) is 1. The van der Waals surface area contributed by atoms with E-state index in [9.17, 15) is 8.78 Å². The molecule has 0 spiro atoms. The summed E-state index contributed by atoms with van der Waals surface area (Å²) in [6.07, 6.45) is 0. The second-order valence-electron chi connectivity index (χ2n) is 5.42. The molecule has 134 valence electrons. The van der Waals surface area contributed by atoms with Crippen LogP contribution in [0.3, 0.4) is 0 Å². The summed E-state index contributed by atoms with van der Waals surface area (Å²) >= 11 is 13.6. The van der Waals surface area contributed by atoms with E-state index in [1.165, 1.54) is 23.9 Å². The number of nitrogens with one attached hydrogen (secondary N) is 1. The van der Waals surface area contributed by atoms with Gasteiger partial charge in [-0.2, -0.15) is 0 Å². The molecule has 0 atom stereocenters. The Kier molecular flexibility index (Phi) is 6.04. The maximum absolute atomic E-state index is 13.8. The highest BCUT2D eigenvalue weighted by Crippen LogP contribution is 2.36. The molecule has 2 nitrogen and oxygen atoms in total. The first-order valence-electron chi connectivity index (χ1n) is 7.65. The lowest BCUT2D eigenvalue weighted by Crippen LogP contribution is -2.03. The van der Waals surface area contributed by atoms with Crippen molar-refractivity contribution in [1.82, 2.24) is 0 Å². The first kappa shape index (κ1) is 19.0. The maximum atomic E-state index is 13.8. The van der Waals surface area contributed by atoms with Gasteiger partial charge >= 0.3 is 0 Å². The Labute approximate surface area is 164 Å². The molecule has 26 heavy (non-hydrogen) atoms. The molecule has 3 aromatic carbocycles. The van der Waals surface area contributed by atoms with Crippen molar-refractivity contribution in [3.8, 4) is 0 Å². The third-order valence-corrected chi connectivity index (χ3v) is 5.31. The van der Waals surface area contributed by atoms with Crippen LogP contribution in [0.2, 0.25) is 10.0 Å². The smallest absolute Gasteiger partial charge is 0.140 e. The number of rotatable bonds is 5. The van der Waals surface area contributed by atoms with E-state index < -0.39 is 11.6 Å². The van der Waals surface area contributed by atoms with Gasteiger partial charge in [-0.05, 0) is 48.0 Å². The van der Waals surface area contributed by atoms with E-state index in [-0.39, 0.29) is 6.54 Å². The zero-order valence-corrected chi connectivity index (χ0v) is 15.7. The molecule has 0 aromatic heterocycles. The van der Waals surface area contributed by atoms with Crippen LogP contribution in [0.5, 0.6) is 0 Å². The molecule has 0 fully saturated rings. The highest BCUT2D eigenvalue weighted by molar-refractivity contribution is 7.99. The Morgan fingerprint density at radius 1 is 0.962 bits per heavy atom. The van der Waals surface area contributed by atoms with Gasteiger partial charge in [-0.25, -0.2) is 8.78 Å². The van der Waals surface area contributed by atoms with Crippen LogP contribution < -0.4 is 11.1 Å². The Balaban J connectivity index is 1.88. The van der Waals surface area contributed by atoms with Gasteiger partial charge in [0.2, 0.25) is 0 Å². The minimum atomic E-state index is -0.606. The quantitative estimate of drug-likeness (QED) is 0.495. The predicted molar refractivity (Wildman–Crippen MR) is 105 cm³/mol. The minimum Gasteiger partial charge on any atom is -0.353 e. The molecule has 3 aromatic rings. The molecule has 0 bridgehead atoms. The summed E-state index contributed by atoms with van der Waals surface area (Å²) in [7, 11) is 0. The first-order chi connectivity index (χ1) is 12.5. The third kappa shape index (κ3) is 4.30. The molecule has 0 radical (unpaired) electrons. The Morgan fingerprint density at radius 3 is 2.35 bits per heavy atom. The fraction of sp³-hybridized carbons (Fsp3) is 0.0526. The van der Waals surface area contributed by atoms with Crippen LogP contribution in [0, 0.1) is 11.6 Å². The van der Waals surface area contributed by atoms with E-state index in [0.717, 1.165) is 22.2 Å². The fourth-order valence-electron chi connectivity index (χ4n) is 2.36. The Morgan fingerprint density at radius 2 is 1.69 bits per heavy atom. The summed E-state index contributed by atoms with van der Waals surface area (Å²) in [5.41, 5.74) is 8.02. The van der Waals surface area contributed by atoms with E-state index in [1.807, 2.05) is 18.2 Å². The van der Waals surface area contributed by atoms with Gasteiger partial charge in [0.05, 0.1) is 15.7 Å². The zero-order chi connectivity index (χ0) is 18.7. The number of anilines is 2. The van der Waals surface area contributed by atoms with Crippen molar-refractivity contribution < 1.29 is 8.78 Å². The summed E-state index contributed by atoms with van der Waals surface area (Å²) in [5.74, 6) is -1.21. The highest BCUT2D eigenvalue weighted by atomic mass is 35.5. The van der Waals surface area contributed by atoms with Crippen molar-refractivity contribution in [2.45, 2.75) is 16.3 Å². The second kappa shape index (κ2) is 8.27. The highest BCUT2D eigenvalue weighted by Gasteiger charge is 2.11. The lowest BCUT2D eigenvalue weighted by atomic mass is 10.1. The van der Waals surface area contributed by atoms with Crippen LogP contribution in [0.25, 0.3) is 0 Å². The average Bonchev–Trinajstić information content (AvgIpc) is 2.61. The molecule has 7 heteroatoms. The van der Waals surface area contributed by atoms with Crippen molar-refractivity contribution >= 4 is 46.3 Å². The van der Waals surface area contributed by atoms with Gasteiger partial charge in [0.25, 0.3) is 0 Å². The minimum absolute atomic E-state index is 0.269. The summed E-state index contributed by atoms with van der Waals surface area (Å²) in [6, 6.07) is 14.2. The van der Waals surface area contributed by atoms with Crippen LogP contribution in [0.15, 0.2) is 64.4 Å². The summed E-state index contributed by atoms with van der Waals surface area (Å²) in [4.78, 5) is 1.12. The van der Waals surface area contributed by atoms with Gasteiger partial charge < -0.3 is 11.1 Å². The Bertz CT molecular complexity index is 931. The molecule has 0 saturated carbocycles. The largest absolute Gasteiger partial charge is 0.353 e. The van der Waals surface area contributed by atoms with Gasteiger partial charge in [0.1, 0.15) is 11.6 Å². The van der Waals surface area contributed by atoms with Gasteiger partial charge in [0, 0.05) is 28.1 Å². The van der Waals surface area contributed by atoms with Crippen LogP contribution in [0.1, 0.15) is 5.56 Å². The maximum Gasteiger partial charge on any atom is 0.140 e. The van der Waals surface area contributed by atoms with E-state index in [2.05, 4.69) is 5.32 Å². The average molecular weight is 411 g/mol. The number of halogens is 4. The standard InChI is InChI=1S/C19H14Cl2F2N2S/c20-14-2-1-3-15(21)19(14)25-17-6-5-13(8-11(17)10-24)26-18-7-4-12(22)9-16(18)23/h1-9,25H,10,24H2. The monoisotopic (exact) mass is 410 g/mol. The van der Waals surface area contributed by atoms with Crippen molar-refractivity contribution in [2.24, 2.45) is 5.73 Å². The van der Waals surface area contributed by atoms with Gasteiger partial charge in [-0.15, -0.1) is 0 Å². The molecule has 0 saturated heterocycles. The van der Waals surface area contributed by atoms with Crippen LogP contribution in [0.4, 0.5) is 20.2 Å². The summed E-state index contributed by atoms with van der Waals surface area (Å²) < 4.78 is 26.9. The van der Waals surface area contributed by atoms with Gasteiger partial charge in [0.15, 0.2) is 0 Å². The van der Waals surface area contributed by atoms with Crippen molar-refractivity contribution in [3.63, 3.8) is 0 Å². The summed E-state index contributed by atoms with van der Waals surface area (Å²) in [5, 5.41) is 4.18. The molecular weight excluding hydrogens is 397 g/mol. The van der Waals surface area contributed by atoms with Gasteiger partial charge in [-0.3, -0.25) is 0 Å². The van der Waals surface area contributed by atoms with Crippen molar-refractivity contribution in [3.05, 3.63) is 81.8 Å². The van der Waals surface area contributed by atoms with E-state index in [0.29, 0.717) is 20.6 Å². The molecule has 0 unspecified atom stereocenters. The topological polar surface area (TPSA) is 38.0 Å². The number of para-hydroxylation sites is 1. The number of benzene rings is 3. The number of hydrogen-bond donors (Lipinski definition) is 2. The lowest BCUT2D eigenvalue weighted by molar-refractivity contribution is 0.565. The molecule has 0 amide bonds. The zero-order valence-electron chi connectivity index (χ0n) is 13.4. The molecule has 0 heterocycles. The molecule has 3 rings (SSSR count). The van der Waals surface area contributed by atoms with Crippen molar-refractivity contribution in [1.29, 1.82) is 0 Å². The molecule has 3 N–H and O–H groups in total.